The molecule has 108 valence electrons. The molecule has 1 unspecified atom stereocenters. The van der Waals surface area contributed by atoms with E-state index < -0.39 is 0 Å². The second kappa shape index (κ2) is 9.15. The minimum absolute atomic E-state index is 0. The first-order valence-corrected chi connectivity index (χ1v) is 7.69. The van der Waals surface area contributed by atoms with Crippen molar-refractivity contribution in [3.05, 3.63) is 20.8 Å². The molecule has 0 saturated carbocycles. The standard InChI is InChI=1S/C12H18BrN3OS.HI/c1-14-12(15-7-9-3-2-6-17-9)16-8-10-4-5-11(13)18-10;/h4-5,9H,2-3,6-8H2,1H3,(H2,14,15,16);1H. The minimum atomic E-state index is 0. The van der Waals surface area contributed by atoms with E-state index in [1.165, 1.54) is 11.3 Å². The van der Waals surface area contributed by atoms with E-state index in [4.69, 9.17) is 4.74 Å². The molecule has 1 aromatic rings. The van der Waals surface area contributed by atoms with Crippen molar-refractivity contribution in [2.75, 3.05) is 20.2 Å². The number of nitrogens with one attached hydrogen (secondary N) is 2. The number of guanidine groups is 1. The van der Waals surface area contributed by atoms with Crippen LogP contribution in [0.2, 0.25) is 0 Å². The number of aliphatic imine (C=N–C) groups is 1. The van der Waals surface area contributed by atoms with Crippen molar-refractivity contribution in [2.24, 2.45) is 4.99 Å². The van der Waals surface area contributed by atoms with E-state index in [0.717, 1.165) is 35.9 Å². The Hall–Kier alpha value is 0.140. The molecule has 4 nitrogen and oxygen atoms in total. The first-order valence-electron chi connectivity index (χ1n) is 6.08. The fourth-order valence-electron chi connectivity index (χ4n) is 1.85. The van der Waals surface area contributed by atoms with Gasteiger partial charge in [0.1, 0.15) is 0 Å². The molecule has 0 bridgehead atoms. The first-order chi connectivity index (χ1) is 8.78. The van der Waals surface area contributed by atoms with Crippen LogP contribution in [0.5, 0.6) is 0 Å². The van der Waals surface area contributed by atoms with Crippen LogP contribution in [-0.2, 0) is 11.3 Å². The average Bonchev–Trinajstić information content (AvgIpc) is 3.01. The highest BCUT2D eigenvalue weighted by molar-refractivity contribution is 14.0. The number of nitrogens with zero attached hydrogens (tertiary/aromatic N) is 1. The van der Waals surface area contributed by atoms with Gasteiger partial charge < -0.3 is 15.4 Å². The summed E-state index contributed by atoms with van der Waals surface area (Å²) in [6, 6.07) is 4.17. The van der Waals surface area contributed by atoms with Crippen molar-refractivity contribution in [1.82, 2.24) is 10.6 Å². The van der Waals surface area contributed by atoms with Gasteiger partial charge in [0.2, 0.25) is 0 Å². The van der Waals surface area contributed by atoms with Crippen LogP contribution in [0.4, 0.5) is 0 Å². The maximum atomic E-state index is 5.56. The Kier molecular flexibility index (Phi) is 8.27. The monoisotopic (exact) mass is 459 g/mol. The van der Waals surface area contributed by atoms with E-state index >= 15 is 0 Å². The van der Waals surface area contributed by atoms with Gasteiger partial charge in [-0.15, -0.1) is 35.3 Å². The fourth-order valence-corrected chi connectivity index (χ4v) is 3.28. The Labute approximate surface area is 143 Å². The summed E-state index contributed by atoms with van der Waals surface area (Å²) in [5.41, 5.74) is 0. The zero-order valence-electron chi connectivity index (χ0n) is 10.8. The third-order valence-corrected chi connectivity index (χ3v) is 4.43. The average molecular weight is 460 g/mol. The molecule has 7 heteroatoms. The predicted octanol–water partition coefficient (Wildman–Crippen LogP) is 2.97. The van der Waals surface area contributed by atoms with Crippen molar-refractivity contribution in [1.29, 1.82) is 0 Å². The maximum Gasteiger partial charge on any atom is 0.191 e. The largest absolute Gasteiger partial charge is 0.376 e. The van der Waals surface area contributed by atoms with Gasteiger partial charge in [0.15, 0.2) is 5.96 Å². The molecule has 2 heterocycles. The lowest BCUT2D eigenvalue weighted by atomic mass is 10.2. The van der Waals surface area contributed by atoms with Crippen LogP contribution in [0.25, 0.3) is 0 Å². The van der Waals surface area contributed by atoms with E-state index in [2.05, 4.69) is 43.7 Å². The van der Waals surface area contributed by atoms with E-state index in [-0.39, 0.29) is 24.0 Å². The smallest absolute Gasteiger partial charge is 0.191 e. The maximum absolute atomic E-state index is 5.56. The topological polar surface area (TPSA) is 45.7 Å². The molecule has 2 rings (SSSR count). The molecule has 0 aromatic carbocycles. The van der Waals surface area contributed by atoms with Gasteiger partial charge in [-0.05, 0) is 40.9 Å². The Balaban J connectivity index is 0.00000180. The van der Waals surface area contributed by atoms with Gasteiger partial charge >= 0.3 is 0 Å². The number of ether oxygens (including phenoxy) is 1. The lowest BCUT2D eigenvalue weighted by Crippen LogP contribution is -2.40. The summed E-state index contributed by atoms with van der Waals surface area (Å²) in [5, 5.41) is 6.59. The summed E-state index contributed by atoms with van der Waals surface area (Å²) in [6.45, 7) is 2.51. The van der Waals surface area contributed by atoms with E-state index in [0.29, 0.717) is 6.10 Å². The SMILES string of the molecule is CN=C(NCc1ccc(Br)s1)NCC1CCCO1.I. The van der Waals surface area contributed by atoms with Crippen LogP contribution in [0.1, 0.15) is 17.7 Å². The van der Waals surface area contributed by atoms with Crippen LogP contribution < -0.4 is 10.6 Å². The van der Waals surface area contributed by atoms with Gasteiger partial charge in [0.05, 0.1) is 16.4 Å². The Morgan fingerprint density at radius 1 is 1.53 bits per heavy atom. The lowest BCUT2D eigenvalue weighted by Gasteiger charge is -2.14. The number of rotatable bonds is 4. The van der Waals surface area contributed by atoms with Gasteiger partial charge in [-0.2, -0.15) is 0 Å². The molecule has 1 aromatic heterocycles. The van der Waals surface area contributed by atoms with Crippen molar-refractivity contribution in [2.45, 2.75) is 25.5 Å². The van der Waals surface area contributed by atoms with Crippen molar-refractivity contribution < 1.29 is 4.74 Å². The quantitative estimate of drug-likeness (QED) is 0.413. The van der Waals surface area contributed by atoms with E-state index in [1.807, 2.05) is 0 Å². The van der Waals surface area contributed by atoms with Crippen LogP contribution >= 0.6 is 51.2 Å². The van der Waals surface area contributed by atoms with Gasteiger partial charge in [0, 0.05) is 25.1 Å². The van der Waals surface area contributed by atoms with Crippen LogP contribution in [0.3, 0.4) is 0 Å². The molecule has 0 aliphatic carbocycles. The van der Waals surface area contributed by atoms with Gasteiger partial charge in [-0.3, -0.25) is 4.99 Å². The molecule has 0 spiro atoms. The summed E-state index contributed by atoms with van der Waals surface area (Å²) in [6.07, 6.45) is 2.64. The fraction of sp³-hybridized carbons (Fsp3) is 0.583. The molecule has 1 saturated heterocycles. The summed E-state index contributed by atoms with van der Waals surface area (Å²) in [7, 11) is 1.79. The Bertz CT molecular complexity index is 407. The molecular weight excluding hydrogens is 441 g/mol. The minimum Gasteiger partial charge on any atom is -0.376 e. The van der Waals surface area contributed by atoms with E-state index in [1.54, 1.807) is 18.4 Å². The highest BCUT2D eigenvalue weighted by Gasteiger charge is 2.15. The zero-order valence-corrected chi connectivity index (χ0v) is 15.6. The Morgan fingerprint density at radius 2 is 2.37 bits per heavy atom. The highest BCUT2D eigenvalue weighted by Crippen LogP contribution is 2.21. The summed E-state index contributed by atoms with van der Waals surface area (Å²) < 4.78 is 6.72. The highest BCUT2D eigenvalue weighted by atomic mass is 127. The number of hydrogen-bond acceptors (Lipinski definition) is 3. The summed E-state index contributed by atoms with van der Waals surface area (Å²) >= 11 is 5.19. The van der Waals surface area contributed by atoms with Gasteiger partial charge in [-0.25, -0.2) is 0 Å². The molecule has 19 heavy (non-hydrogen) atoms. The third-order valence-electron chi connectivity index (χ3n) is 2.80. The number of halogens is 2. The first kappa shape index (κ1) is 17.2. The molecule has 0 radical (unpaired) electrons. The molecular formula is C12H19BrIN3OS. The van der Waals surface area contributed by atoms with Crippen molar-refractivity contribution in [3.63, 3.8) is 0 Å². The summed E-state index contributed by atoms with van der Waals surface area (Å²) in [4.78, 5) is 5.48. The number of hydrogen-bond donors (Lipinski definition) is 2. The van der Waals surface area contributed by atoms with Crippen LogP contribution in [0, 0.1) is 0 Å². The normalized spacial score (nSPS) is 19.1. The molecule has 1 fully saturated rings. The van der Waals surface area contributed by atoms with Crippen molar-refractivity contribution in [3.8, 4) is 0 Å². The summed E-state index contributed by atoms with van der Waals surface area (Å²) in [5.74, 6) is 0.829. The second-order valence-electron chi connectivity index (χ2n) is 4.15. The predicted molar refractivity (Wildman–Crippen MR) is 94.6 cm³/mol. The number of thiophene rings is 1. The second-order valence-corrected chi connectivity index (χ2v) is 6.70. The zero-order chi connectivity index (χ0) is 12.8. The molecule has 2 N–H and O–H groups in total. The lowest BCUT2D eigenvalue weighted by molar-refractivity contribution is 0.114. The van der Waals surface area contributed by atoms with Crippen LogP contribution in [-0.4, -0.2) is 32.3 Å². The van der Waals surface area contributed by atoms with Crippen LogP contribution in [0.15, 0.2) is 20.9 Å². The molecule has 0 amide bonds. The van der Waals surface area contributed by atoms with Gasteiger partial charge in [-0.1, -0.05) is 0 Å². The van der Waals surface area contributed by atoms with E-state index in [9.17, 15) is 0 Å². The molecule has 1 aliphatic rings. The molecule has 1 atom stereocenters. The molecule has 1 aliphatic heterocycles. The third kappa shape index (κ3) is 5.97. The van der Waals surface area contributed by atoms with Crippen molar-refractivity contribution >= 4 is 57.2 Å². The Morgan fingerprint density at radius 3 is 2.95 bits per heavy atom. The van der Waals surface area contributed by atoms with Gasteiger partial charge in [0.25, 0.3) is 0 Å².